The number of Topliss-reactive ketones (excluding diaryl/α,β-unsaturated/α-hetero) is 1. The van der Waals surface area contributed by atoms with Gasteiger partial charge < -0.3 is 5.73 Å². The minimum atomic E-state index is -0.905. The topological polar surface area (TPSA) is 43.1 Å². The number of benzene rings is 1. The van der Waals surface area contributed by atoms with Crippen molar-refractivity contribution in [3.05, 3.63) is 35.4 Å². The van der Waals surface area contributed by atoms with Crippen LogP contribution in [0.2, 0.25) is 0 Å². The third-order valence-electron chi connectivity index (χ3n) is 4.39. The molecule has 1 aromatic rings. The van der Waals surface area contributed by atoms with Gasteiger partial charge >= 0.3 is 0 Å². The van der Waals surface area contributed by atoms with Gasteiger partial charge in [-0.05, 0) is 30.5 Å². The van der Waals surface area contributed by atoms with Crippen molar-refractivity contribution in [2.75, 3.05) is 6.54 Å². The third-order valence-corrected chi connectivity index (χ3v) is 4.39. The number of halogens is 2. The summed E-state index contributed by atoms with van der Waals surface area (Å²) in [6, 6.07) is 3.64. The summed E-state index contributed by atoms with van der Waals surface area (Å²) in [5, 5.41) is 0. The summed E-state index contributed by atoms with van der Waals surface area (Å²) < 4.78 is 26.1. The summed E-state index contributed by atoms with van der Waals surface area (Å²) in [7, 11) is 0. The molecule has 0 aliphatic heterocycles. The quantitative estimate of drug-likeness (QED) is 0.860. The standard InChI is InChI=1S/C16H21F2NO/c17-13-6-5-12(9-14(13)18)10-15(20)16(11-19)7-3-1-2-4-8-16/h5-6,9H,1-4,7-8,10-11,19H2. The SMILES string of the molecule is NCC1(C(=O)Cc2ccc(F)c(F)c2)CCCCCC1. The molecule has 1 aromatic carbocycles. The fourth-order valence-corrected chi connectivity index (χ4v) is 3.02. The molecule has 0 radical (unpaired) electrons. The number of carbonyl (C=O) groups excluding carboxylic acids is 1. The van der Waals surface area contributed by atoms with Crippen LogP contribution in [0, 0.1) is 17.0 Å². The molecule has 0 aromatic heterocycles. The first-order valence-electron chi connectivity index (χ1n) is 7.25. The second kappa shape index (κ2) is 6.44. The second-order valence-electron chi connectivity index (χ2n) is 5.75. The fraction of sp³-hybridized carbons (Fsp3) is 0.562. The summed E-state index contributed by atoms with van der Waals surface area (Å²) in [4.78, 5) is 12.6. The van der Waals surface area contributed by atoms with Crippen LogP contribution in [0.3, 0.4) is 0 Å². The van der Waals surface area contributed by atoms with Crippen molar-refractivity contribution in [1.82, 2.24) is 0 Å². The highest BCUT2D eigenvalue weighted by Crippen LogP contribution is 2.36. The number of hydrogen-bond donors (Lipinski definition) is 1. The van der Waals surface area contributed by atoms with Crippen LogP contribution in [0.15, 0.2) is 18.2 Å². The predicted molar refractivity (Wildman–Crippen MR) is 74.3 cm³/mol. The molecule has 1 saturated carbocycles. The Kier molecular flexibility index (Phi) is 4.86. The molecule has 0 atom stereocenters. The fourth-order valence-electron chi connectivity index (χ4n) is 3.02. The van der Waals surface area contributed by atoms with Crippen LogP contribution in [-0.4, -0.2) is 12.3 Å². The van der Waals surface area contributed by atoms with Crippen LogP contribution in [0.4, 0.5) is 8.78 Å². The highest BCUT2D eigenvalue weighted by atomic mass is 19.2. The van der Waals surface area contributed by atoms with Crippen molar-refractivity contribution in [1.29, 1.82) is 0 Å². The first-order chi connectivity index (χ1) is 9.57. The number of hydrogen-bond acceptors (Lipinski definition) is 2. The molecule has 110 valence electrons. The van der Waals surface area contributed by atoms with Crippen LogP contribution in [0.1, 0.15) is 44.1 Å². The van der Waals surface area contributed by atoms with Crippen LogP contribution < -0.4 is 5.73 Å². The van der Waals surface area contributed by atoms with Crippen molar-refractivity contribution >= 4 is 5.78 Å². The first kappa shape index (κ1) is 15.1. The predicted octanol–water partition coefficient (Wildman–Crippen LogP) is 3.38. The monoisotopic (exact) mass is 281 g/mol. The Balaban J connectivity index is 2.14. The summed E-state index contributed by atoms with van der Waals surface area (Å²) in [5.41, 5.74) is 5.91. The van der Waals surface area contributed by atoms with Gasteiger partial charge in [-0.1, -0.05) is 31.7 Å². The van der Waals surface area contributed by atoms with Gasteiger partial charge in [0.05, 0.1) is 0 Å². The molecule has 1 fully saturated rings. The van der Waals surface area contributed by atoms with Gasteiger partial charge in [0.15, 0.2) is 11.6 Å². The van der Waals surface area contributed by atoms with Crippen molar-refractivity contribution < 1.29 is 13.6 Å². The van der Waals surface area contributed by atoms with Gasteiger partial charge in [-0.2, -0.15) is 0 Å². The van der Waals surface area contributed by atoms with E-state index in [4.69, 9.17) is 5.73 Å². The molecule has 0 spiro atoms. The molecule has 2 rings (SSSR count). The van der Waals surface area contributed by atoms with Crippen LogP contribution in [0.5, 0.6) is 0 Å². The van der Waals surface area contributed by atoms with E-state index in [-0.39, 0.29) is 12.2 Å². The van der Waals surface area contributed by atoms with E-state index in [9.17, 15) is 13.6 Å². The van der Waals surface area contributed by atoms with E-state index in [2.05, 4.69) is 0 Å². The van der Waals surface area contributed by atoms with Gasteiger partial charge in [-0.3, -0.25) is 4.79 Å². The van der Waals surface area contributed by atoms with E-state index in [1.54, 1.807) is 0 Å². The van der Waals surface area contributed by atoms with Gasteiger partial charge in [0, 0.05) is 18.4 Å². The Morgan fingerprint density at radius 1 is 1.10 bits per heavy atom. The Hall–Kier alpha value is -1.29. The minimum absolute atomic E-state index is 0.0629. The highest BCUT2D eigenvalue weighted by Gasteiger charge is 2.36. The molecule has 1 aliphatic carbocycles. The summed E-state index contributed by atoms with van der Waals surface area (Å²) >= 11 is 0. The maximum Gasteiger partial charge on any atom is 0.159 e. The van der Waals surface area contributed by atoms with Crippen molar-refractivity contribution in [2.24, 2.45) is 11.1 Å². The molecular formula is C16H21F2NO. The van der Waals surface area contributed by atoms with Crippen LogP contribution in [0.25, 0.3) is 0 Å². The summed E-state index contributed by atoms with van der Waals surface area (Å²) in [6.45, 7) is 0.343. The van der Waals surface area contributed by atoms with Gasteiger partial charge in [0.2, 0.25) is 0 Å². The summed E-state index contributed by atoms with van der Waals surface area (Å²) in [6.07, 6.45) is 6.06. The number of ketones is 1. The van der Waals surface area contributed by atoms with Gasteiger partial charge in [0.25, 0.3) is 0 Å². The smallest absolute Gasteiger partial charge is 0.159 e. The summed E-state index contributed by atoms with van der Waals surface area (Å²) in [5.74, 6) is -1.73. The average Bonchev–Trinajstić information content (AvgIpc) is 2.69. The molecular weight excluding hydrogens is 260 g/mol. The Morgan fingerprint density at radius 3 is 2.30 bits per heavy atom. The Bertz CT molecular complexity index is 479. The maximum atomic E-state index is 13.2. The molecule has 0 bridgehead atoms. The van der Waals surface area contributed by atoms with E-state index < -0.39 is 17.0 Å². The largest absolute Gasteiger partial charge is 0.329 e. The Labute approximate surface area is 118 Å². The van der Waals surface area contributed by atoms with Gasteiger partial charge in [0.1, 0.15) is 5.78 Å². The molecule has 2 nitrogen and oxygen atoms in total. The van der Waals surface area contributed by atoms with Gasteiger partial charge in [-0.15, -0.1) is 0 Å². The van der Waals surface area contributed by atoms with E-state index in [1.807, 2.05) is 0 Å². The number of nitrogens with two attached hydrogens (primary N) is 1. The highest BCUT2D eigenvalue weighted by molar-refractivity contribution is 5.87. The zero-order valence-corrected chi connectivity index (χ0v) is 11.6. The van der Waals surface area contributed by atoms with E-state index in [0.29, 0.717) is 12.1 Å². The molecule has 1 aliphatic rings. The second-order valence-corrected chi connectivity index (χ2v) is 5.75. The lowest BCUT2D eigenvalue weighted by molar-refractivity contribution is -0.128. The van der Waals surface area contributed by atoms with Crippen molar-refractivity contribution in [2.45, 2.75) is 44.9 Å². The molecule has 2 N–H and O–H groups in total. The van der Waals surface area contributed by atoms with Crippen molar-refractivity contribution in [3.8, 4) is 0 Å². The Morgan fingerprint density at radius 2 is 1.75 bits per heavy atom. The van der Waals surface area contributed by atoms with Crippen LogP contribution in [-0.2, 0) is 11.2 Å². The molecule has 20 heavy (non-hydrogen) atoms. The molecule has 4 heteroatoms. The molecule has 0 heterocycles. The van der Waals surface area contributed by atoms with Crippen LogP contribution >= 0.6 is 0 Å². The number of carbonyl (C=O) groups is 1. The molecule has 0 saturated heterocycles. The number of rotatable bonds is 4. The average molecular weight is 281 g/mol. The van der Waals surface area contributed by atoms with E-state index >= 15 is 0 Å². The zero-order chi connectivity index (χ0) is 14.6. The van der Waals surface area contributed by atoms with E-state index in [1.165, 1.54) is 6.07 Å². The lowest BCUT2D eigenvalue weighted by Crippen LogP contribution is -2.39. The normalized spacial score (nSPS) is 18.6. The van der Waals surface area contributed by atoms with Crippen molar-refractivity contribution in [3.63, 3.8) is 0 Å². The lowest BCUT2D eigenvalue weighted by atomic mass is 9.75. The first-order valence-corrected chi connectivity index (χ1v) is 7.25. The van der Waals surface area contributed by atoms with E-state index in [0.717, 1.165) is 50.7 Å². The van der Waals surface area contributed by atoms with Gasteiger partial charge in [-0.25, -0.2) is 8.78 Å². The molecule has 0 unspecified atom stereocenters. The molecule has 0 amide bonds. The third kappa shape index (κ3) is 3.23. The minimum Gasteiger partial charge on any atom is -0.329 e. The lowest BCUT2D eigenvalue weighted by Gasteiger charge is -2.29. The maximum absolute atomic E-state index is 13.2. The zero-order valence-electron chi connectivity index (χ0n) is 11.6.